The molecule has 4 rings (SSSR count). The van der Waals surface area contributed by atoms with Crippen molar-refractivity contribution in [3.8, 4) is 11.5 Å². The maximum Gasteiger partial charge on any atom is 0.256 e. The Morgan fingerprint density at radius 2 is 1.93 bits per heavy atom. The average molecular weight is 381 g/mol. The number of hydrogen-bond acceptors (Lipinski definition) is 3. The van der Waals surface area contributed by atoms with Gasteiger partial charge in [-0.1, -0.05) is 6.07 Å². The number of hydrogen-bond donors (Lipinski definition) is 1. The van der Waals surface area contributed by atoms with Crippen LogP contribution in [0.25, 0.3) is 11.5 Å². The number of rotatable bonds is 7. The molecule has 3 aromatic rings. The molecule has 0 unspecified atom stereocenters. The van der Waals surface area contributed by atoms with E-state index < -0.39 is 0 Å². The summed E-state index contributed by atoms with van der Waals surface area (Å²) < 4.78 is 17.1. The summed E-state index contributed by atoms with van der Waals surface area (Å²) in [5.74, 6) is 0.0692. The zero-order valence-electron chi connectivity index (χ0n) is 15.7. The number of halogens is 1. The van der Waals surface area contributed by atoms with Gasteiger partial charge in [0.25, 0.3) is 5.91 Å². The Morgan fingerprint density at radius 3 is 2.68 bits per heavy atom. The van der Waals surface area contributed by atoms with Crippen LogP contribution < -0.4 is 5.32 Å². The summed E-state index contributed by atoms with van der Waals surface area (Å²) in [6, 6.07) is 9.93. The van der Waals surface area contributed by atoms with Crippen molar-refractivity contribution in [2.24, 2.45) is 0 Å². The lowest BCUT2D eigenvalue weighted by Gasteiger charge is -2.14. The number of nitrogens with zero attached hydrogens (tertiary/aromatic N) is 4. The van der Waals surface area contributed by atoms with E-state index in [2.05, 4.69) is 15.3 Å². The molecule has 0 radical (unpaired) electrons. The van der Waals surface area contributed by atoms with Crippen LogP contribution in [0.5, 0.6) is 0 Å². The number of carbonyl (C=O) groups excluding carboxylic acids is 1. The Hall–Kier alpha value is -2.93. The molecule has 1 amide bonds. The minimum Gasteiger partial charge on any atom is -0.352 e. The Balaban J connectivity index is 1.52. The summed E-state index contributed by atoms with van der Waals surface area (Å²) in [5, 5.41) is 7.35. The van der Waals surface area contributed by atoms with Gasteiger partial charge >= 0.3 is 0 Å². The van der Waals surface area contributed by atoms with Gasteiger partial charge < -0.3 is 14.8 Å². The van der Waals surface area contributed by atoms with Crippen LogP contribution in [0, 0.1) is 5.82 Å². The van der Waals surface area contributed by atoms with E-state index in [0.29, 0.717) is 23.6 Å². The molecule has 7 heteroatoms. The van der Waals surface area contributed by atoms with Crippen molar-refractivity contribution >= 4 is 5.91 Å². The van der Waals surface area contributed by atoms with Crippen LogP contribution in [-0.2, 0) is 0 Å². The van der Waals surface area contributed by atoms with Gasteiger partial charge in [-0.2, -0.15) is 5.10 Å². The van der Waals surface area contributed by atoms with Gasteiger partial charge in [0.1, 0.15) is 11.4 Å². The third-order valence-electron chi connectivity index (χ3n) is 5.03. The first kappa shape index (κ1) is 18.4. The molecule has 1 fully saturated rings. The van der Waals surface area contributed by atoms with E-state index in [-0.39, 0.29) is 11.7 Å². The van der Waals surface area contributed by atoms with Gasteiger partial charge in [0, 0.05) is 18.9 Å². The molecular formula is C21H24FN5O. The first-order valence-corrected chi connectivity index (χ1v) is 9.70. The predicted octanol–water partition coefficient (Wildman–Crippen LogP) is 3.02. The van der Waals surface area contributed by atoms with Gasteiger partial charge in [0.15, 0.2) is 5.82 Å². The average Bonchev–Trinajstić information content (AvgIpc) is 3.46. The summed E-state index contributed by atoms with van der Waals surface area (Å²) >= 11 is 0. The third kappa shape index (κ3) is 3.99. The normalized spacial score (nSPS) is 14.5. The lowest BCUT2D eigenvalue weighted by molar-refractivity contribution is 0.0952. The molecule has 1 aliphatic rings. The van der Waals surface area contributed by atoms with E-state index in [1.54, 1.807) is 16.8 Å². The largest absolute Gasteiger partial charge is 0.352 e. The lowest BCUT2D eigenvalue weighted by Crippen LogP contribution is -2.29. The highest BCUT2D eigenvalue weighted by atomic mass is 19.1. The van der Waals surface area contributed by atoms with Crippen molar-refractivity contribution in [2.75, 3.05) is 26.2 Å². The Labute approximate surface area is 163 Å². The van der Waals surface area contributed by atoms with Crippen molar-refractivity contribution in [1.82, 2.24) is 24.6 Å². The van der Waals surface area contributed by atoms with Crippen LogP contribution in [0.15, 0.2) is 55.0 Å². The standard InChI is InChI=1S/C21H24FN5O/c22-17-7-5-8-18(15-17)27-21(26-13-3-4-14-26)19(16-24-27)20(28)23-9-6-12-25-10-1-2-11-25/h3-5,7-8,13-16H,1-2,6,9-12H2,(H,23,28). The van der Waals surface area contributed by atoms with E-state index in [1.165, 1.54) is 31.2 Å². The second kappa shape index (κ2) is 8.39. The van der Waals surface area contributed by atoms with Crippen molar-refractivity contribution in [3.63, 3.8) is 0 Å². The molecule has 0 atom stereocenters. The van der Waals surface area contributed by atoms with Crippen molar-refractivity contribution in [3.05, 3.63) is 66.4 Å². The highest BCUT2D eigenvalue weighted by Crippen LogP contribution is 2.20. The first-order valence-electron chi connectivity index (χ1n) is 9.70. The third-order valence-corrected chi connectivity index (χ3v) is 5.03. The Morgan fingerprint density at radius 1 is 1.14 bits per heavy atom. The van der Waals surface area contributed by atoms with Crippen molar-refractivity contribution < 1.29 is 9.18 Å². The van der Waals surface area contributed by atoms with Gasteiger partial charge in [0.2, 0.25) is 0 Å². The van der Waals surface area contributed by atoms with Gasteiger partial charge in [-0.05, 0) is 69.2 Å². The maximum atomic E-state index is 13.7. The predicted molar refractivity (Wildman–Crippen MR) is 105 cm³/mol. The number of aromatic nitrogens is 3. The van der Waals surface area contributed by atoms with Crippen LogP contribution in [0.4, 0.5) is 4.39 Å². The number of benzene rings is 1. The zero-order valence-corrected chi connectivity index (χ0v) is 15.7. The molecule has 1 aliphatic heterocycles. The minimum atomic E-state index is -0.348. The van der Waals surface area contributed by atoms with Crippen LogP contribution in [0.3, 0.4) is 0 Å². The highest BCUT2D eigenvalue weighted by Gasteiger charge is 2.20. The highest BCUT2D eigenvalue weighted by molar-refractivity contribution is 5.97. The summed E-state index contributed by atoms with van der Waals surface area (Å²) in [4.78, 5) is 15.2. The molecule has 0 bridgehead atoms. The fourth-order valence-corrected chi connectivity index (χ4v) is 3.63. The monoisotopic (exact) mass is 381 g/mol. The fraction of sp³-hybridized carbons (Fsp3) is 0.333. The van der Waals surface area contributed by atoms with Crippen molar-refractivity contribution in [1.29, 1.82) is 0 Å². The van der Waals surface area contributed by atoms with E-state index in [9.17, 15) is 9.18 Å². The molecule has 1 aromatic carbocycles. The number of amides is 1. The molecule has 146 valence electrons. The molecule has 2 aromatic heterocycles. The van der Waals surface area contributed by atoms with Crippen LogP contribution in [-0.4, -0.2) is 51.3 Å². The van der Waals surface area contributed by atoms with Gasteiger partial charge in [-0.25, -0.2) is 9.07 Å². The van der Waals surface area contributed by atoms with Gasteiger partial charge in [-0.15, -0.1) is 0 Å². The van der Waals surface area contributed by atoms with E-state index in [0.717, 1.165) is 26.1 Å². The summed E-state index contributed by atoms with van der Waals surface area (Å²) in [6.07, 6.45) is 8.68. The van der Waals surface area contributed by atoms with Gasteiger partial charge in [0.05, 0.1) is 11.9 Å². The molecule has 0 spiro atoms. The molecule has 1 saturated heterocycles. The topological polar surface area (TPSA) is 55.1 Å². The molecule has 28 heavy (non-hydrogen) atoms. The molecule has 1 N–H and O–H groups in total. The maximum absolute atomic E-state index is 13.7. The molecule has 3 heterocycles. The fourth-order valence-electron chi connectivity index (χ4n) is 3.63. The Bertz CT molecular complexity index is 928. The second-order valence-electron chi connectivity index (χ2n) is 7.02. The minimum absolute atomic E-state index is 0.173. The van der Waals surface area contributed by atoms with Crippen LogP contribution >= 0.6 is 0 Å². The number of nitrogens with one attached hydrogen (secondary N) is 1. The number of likely N-dealkylation sites (tertiary alicyclic amines) is 1. The zero-order chi connectivity index (χ0) is 19.3. The summed E-state index contributed by atoms with van der Waals surface area (Å²) in [7, 11) is 0. The molecular weight excluding hydrogens is 357 g/mol. The number of carbonyl (C=O) groups is 1. The lowest BCUT2D eigenvalue weighted by atomic mass is 10.2. The van der Waals surface area contributed by atoms with E-state index in [1.807, 2.05) is 29.1 Å². The van der Waals surface area contributed by atoms with Gasteiger partial charge in [-0.3, -0.25) is 4.79 Å². The van der Waals surface area contributed by atoms with Crippen LogP contribution in [0.1, 0.15) is 29.6 Å². The smallest absolute Gasteiger partial charge is 0.256 e. The van der Waals surface area contributed by atoms with Crippen molar-refractivity contribution in [2.45, 2.75) is 19.3 Å². The first-order chi connectivity index (χ1) is 13.7. The molecule has 6 nitrogen and oxygen atoms in total. The SMILES string of the molecule is O=C(NCCCN1CCCC1)c1cnn(-c2cccc(F)c2)c1-n1cccc1. The summed E-state index contributed by atoms with van der Waals surface area (Å²) in [5.41, 5.74) is 1.03. The Kier molecular flexibility index (Phi) is 5.53. The van der Waals surface area contributed by atoms with E-state index in [4.69, 9.17) is 0 Å². The molecule has 0 aliphatic carbocycles. The van der Waals surface area contributed by atoms with E-state index >= 15 is 0 Å². The summed E-state index contributed by atoms with van der Waals surface area (Å²) in [6.45, 7) is 3.94. The second-order valence-corrected chi connectivity index (χ2v) is 7.02. The molecule has 0 saturated carbocycles. The quantitative estimate of drug-likeness (QED) is 0.640. The van der Waals surface area contributed by atoms with Crippen LogP contribution in [0.2, 0.25) is 0 Å².